The van der Waals surface area contributed by atoms with Crippen LogP contribution in [0.1, 0.15) is 48.9 Å². The molecule has 1 fully saturated rings. The summed E-state index contributed by atoms with van der Waals surface area (Å²) >= 11 is 5.89. The van der Waals surface area contributed by atoms with Crippen molar-refractivity contribution in [1.82, 2.24) is 0 Å². The van der Waals surface area contributed by atoms with Crippen LogP contribution in [0.25, 0.3) is 0 Å². The van der Waals surface area contributed by atoms with E-state index in [-0.39, 0.29) is 12.1 Å². The summed E-state index contributed by atoms with van der Waals surface area (Å²) < 4.78 is 5.51. The number of benzene rings is 1. The topological polar surface area (TPSA) is 52.3 Å². The van der Waals surface area contributed by atoms with Crippen molar-refractivity contribution in [2.45, 2.75) is 44.6 Å². The Morgan fingerprint density at radius 1 is 1.22 bits per heavy atom. The monoisotopic (exact) mass is 267 g/mol. The maximum atomic E-state index is 12.0. The zero-order valence-corrected chi connectivity index (χ0v) is 11.1. The van der Waals surface area contributed by atoms with Crippen molar-refractivity contribution in [3.8, 4) is 0 Å². The van der Waals surface area contributed by atoms with Crippen LogP contribution in [0.2, 0.25) is 5.02 Å². The van der Waals surface area contributed by atoms with E-state index < -0.39 is 0 Å². The highest BCUT2D eigenvalue weighted by atomic mass is 35.5. The molecule has 1 aromatic carbocycles. The van der Waals surface area contributed by atoms with E-state index in [2.05, 4.69) is 0 Å². The Morgan fingerprint density at radius 3 is 2.50 bits per heavy atom. The standard InChI is InChI=1S/C14H18ClNO2/c15-12-9-10(7-8-13(12)16)14(17)18-11-5-3-1-2-4-6-11/h7-9,11H,1-6,16H2. The molecule has 2 N–H and O–H groups in total. The Labute approximate surface area is 112 Å². The first-order valence-corrected chi connectivity index (χ1v) is 6.80. The SMILES string of the molecule is Nc1ccc(C(=O)OC2CCCCCC2)cc1Cl. The zero-order valence-electron chi connectivity index (χ0n) is 10.3. The molecule has 0 aromatic heterocycles. The van der Waals surface area contributed by atoms with Gasteiger partial charge in [0.05, 0.1) is 16.3 Å². The molecular formula is C14H18ClNO2. The normalized spacial score (nSPS) is 17.2. The third kappa shape index (κ3) is 3.39. The largest absolute Gasteiger partial charge is 0.459 e. The van der Waals surface area contributed by atoms with E-state index in [0.29, 0.717) is 16.3 Å². The van der Waals surface area contributed by atoms with Crippen LogP contribution in [-0.2, 0) is 4.74 Å². The highest BCUT2D eigenvalue weighted by molar-refractivity contribution is 6.33. The van der Waals surface area contributed by atoms with Gasteiger partial charge in [0.2, 0.25) is 0 Å². The van der Waals surface area contributed by atoms with Gasteiger partial charge in [-0.05, 0) is 43.9 Å². The summed E-state index contributed by atoms with van der Waals surface area (Å²) in [5.74, 6) is -0.302. The molecule has 4 heteroatoms. The van der Waals surface area contributed by atoms with Crippen molar-refractivity contribution in [3.05, 3.63) is 28.8 Å². The van der Waals surface area contributed by atoms with Gasteiger partial charge in [0, 0.05) is 0 Å². The van der Waals surface area contributed by atoms with Crippen molar-refractivity contribution < 1.29 is 9.53 Å². The average Bonchev–Trinajstić information content (AvgIpc) is 2.61. The highest BCUT2D eigenvalue weighted by Crippen LogP contribution is 2.23. The van der Waals surface area contributed by atoms with Gasteiger partial charge < -0.3 is 10.5 Å². The summed E-state index contributed by atoms with van der Waals surface area (Å²) in [4.78, 5) is 12.0. The Morgan fingerprint density at radius 2 is 1.89 bits per heavy atom. The Hall–Kier alpha value is -1.22. The molecule has 3 nitrogen and oxygen atoms in total. The molecule has 0 bridgehead atoms. The van der Waals surface area contributed by atoms with Gasteiger partial charge in [-0.15, -0.1) is 0 Å². The second kappa shape index (κ2) is 6.10. The third-order valence-corrected chi connectivity index (χ3v) is 3.64. The molecule has 18 heavy (non-hydrogen) atoms. The number of nitrogen functional groups attached to an aromatic ring is 1. The van der Waals surface area contributed by atoms with Crippen LogP contribution >= 0.6 is 11.6 Å². The summed E-state index contributed by atoms with van der Waals surface area (Å²) in [6, 6.07) is 4.85. The molecule has 0 spiro atoms. The maximum absolute atomic E-state index is 12.0. The first-order chi connectivity index (χ1) is 8.66. The predicted octanol–water partition coefficient (Wildman–Crippen LogP) is 3.80. The third-order valence-electron chi connectivity index (χ3n) is 3.31. The van der Waals surface area contributed by atoms with Crippen molar-refractivity contribution in [1.29, 1.82) is 0 Å². The molecule has 0 heterocycles. The number of halogens is 1. The lowest BCUT2D eigenvalue weighted by molar-refractivity contribution is 0.0267. The fourth-order valence-corrected chi connectivity index (χ4v) is 2.41. The van der Waals surface area contributed by atoms with Gasteiger partial charge in [-0.25, -0.2) is 4.79 Å². The quantitative estimate of drug-likeness (QED) is 0.504. The van der Waals surface area contributed by atoms with E-state index in [4.69, 9.17) is 22.1 Å². The van der Waals surface area contributed by atoms with E-state index in [9.17, 15) is 4.79 Å². The molecule has 0 amide bonds. The van der Waals surface area contributed by atoms with Crippen molar-refractivity contribution in [2.24, 2.45) is 0 Å². The number of carbonyl (C=O) groups is 1. The lowest BCUT2D eigenvalue weighted by atomic mass is 10.1. The zero-order chi connectivity index (χ0) is 13.0. The van der Waals surface area contributed by atoms with Gasteiger partial charge in [-0.3, -0.25) is 0 Å². The van der Waals surface area contributed by atoms with Crippen LogP contribution in [0.4, 0.5) is 5.69 Å². The predicted molar refractivity (Wildman–Crippen MR) is 72.8 cm³/mol. The van der Waals surface area contributed by atoms with Crippen LogP contribution in [0.15, 0.2) is 18.2 Å². The van der Waals surface area contributed by atoms with Gasteiger partial charge in [-0.1, -0.05) is 24.4 Å². The van der Waals surface area contributed by atoms with E-state index >= 15 is 0 Å². The molecule has 2 rings (SSSR count). The molecule has 0 saturated heterocycles. The second-order valence-corrected chi connectivity index (χ2v) is 5.16. The van der Waals surface area contributed by atoms with Crippen molar-refractivity contribution >= 4 is 23.3 Å². The molecule has 1 aromatic rings. The molecule has 1 saturated carbocycles. The number of hydrogen-bond acceptors (Lipinski definition) is 3. The minimum Gasteiger partial charge on any atom is -0.459 e. The van der Waals surface area contributed by atoms with Crippen LogP contribution in [0.3, 0.4) is 0 Å². The van der Waals surface area contributed by atoms with E-state index in [0.717, 1.165) is 25.7 Å². The maximum Gasteiger partial charge on any atom is 0.338 e. The lowest BCUT2D eigenvalue weighted by Crippen LogP contribution is -2.17. The van der Waals surface area contributed by atoms with Crippen LogP contribution in [-0.4, -0.2) is 12.1 Å². The molecule has 0 atom stereocenters. The summed E-state index contributed by atoms with van der Waals surface area (Å²) in [7, 11) is 0. The number of ether oxygens (including phenoxy) is 1. The minimum atomic E-state index is -0.302. The van der Waals surface area contributed by atoms with Crippen LogP contribution in [0.5, 0.6) is 0 Å². The molecule has 0 aliphatic heterocycles. The fraction of sp³-hybridized carbons (Fsp3) is 0.500. The average molecular weight is 268 g/mol. The number of rotatable bonds is 2. The van der Waals surface area contributed by atoms with Gasteiger partial charge in [0.25, 0.3) is 0 Å². The van der Waals surface area contributed by atoms with Crippen molar-refractivity contribution in [2.75, 3.05) is 5.73 Å². The number of hydrogen-bond donors (Lipinski definition) is 1. The first-order valence-electron chi connectivity index (χ1n) is 6.43. The van der Waals surface area contributed by atoms with E-state index in [1.807, 2.05) is 0 Å². The summed E-state index contributed by atoms with van der Waals surface area (Å²) in [6.07, 6.45) is 6.74. The van der Waals surface area contributed by atoms with Gasteiger partial charge >= 0.3 is 5.97 Å². The molecule has 98 valence electrons. The summed E-state index contributed by atoms with van der Waals surface area (Å²) in [5.41, 5.74) is 6.56. The molecule has 0 unspecified atom stereocenters. The van der Waals surface area contributed by atoms with Gasteiger partial charge in [0.15, 0.2) is 0 Å². The van der Waals surface area contributed by atoms with Crippen LogP contribution in [0, 0.1) is 0 Å². The summed E-state index contributed by atoms with van der Waals surface area (Å²) in [6.45, 7) is 0. The lowest BCUT2D eigenvalue weighted by Gasteiger charge is -2.15. The van der Waals surface area contributed by atoms with Gasteiger partial charge in [-0.2, -0.15) is 0 Å². The number of nitrogens with two attached hydrogens (primary N) is 1. The van der Waals surface area contributed by atoms with E-state index in [1.54, 1.807) is 18.2 Å². The molecular weight excluding hydrogens is 250 g/mol. The second-order valence-electron chi connectivity index (χ2n) is 4.76. The molecule has 0 radical (unpaired) electrons. The summed E-state index contributed by atoms with van der Waals surface area (Å²) in [5, 5.41) is 0.394. The Balaban J connectivity index is 1.99. The minimum absolute atomic E-state index is 0.0522. The smallest absolute Gasteiger partial charge is 0.338 e. The number of carbonyl (C=O) groups excluding carboxylic acids is 1. The Kier molecular flexibility index (Phi) is 4.48. The Bertz CT molecular complexity index is 426. The number of esters is 1. The number of anilines is 1. The molecule has 1 aliphatic rings. The fourth-order valence-electron chi connectivity index (χ4n) is 2.23. The van der Waals surface area contributed by atoms with Crippen molar-refractivity contribution in [3.63, 3.8) is 0 Å². The van der Waals surface area contributed by atoms with E-state index in [1.165, 1.54) is 12.8 Å². The first kappa shape index (κ1) is 13.2. The van der Waals surface area contributed by atoms with Gasteiger partial charge in [0.1, 0.15) is 6.10 Å². The highest BCUT2D eigenvalue weighted by Gasteiger charge is 2.18. The van der Waals surface area contributed by atoms with Crippen LogP contribution < -0.4 is 5.73 Å². The molecule has 1 aliphatic carbocycles.